The molecule has 26 heavy (non-hydrogen) atoms. The van der Waals surface area contributed by atoms with Crippen LogP contribution in [0.15, 0.2) is 30.5 Å². The number of rotatable bonds is 4. The van der Waals surface area contributed by atoms with Crippen LogP contribution < -0.4 is 10.1 Å². The largest absolute Gasteiger partial charge is 0.495 e. The molecule has 5 nitrogen and oxygen atoms in total. The van der Waals surface area contributed by atoms with E-state index in [1.165, 1.54) is 6.42 Å². The fourth-order valence-electron chi connectivity index (χ4n) is 3.26. The summed E-state index contributed by atoms with van der Waals surface area (Å²) in [7, 11) is 1.59. The first-order chi connectivity index (χ1) is 12.5. The summed E-state index contributed by atoms with van der Waals surface area (Å²) >= 11 is 6.16. The number of hydrogen-bond donors (Lipinski definition) is 1. The van der Waals surface area contributed by atoms with Gasteiger partial charge < -0.3 is 15.0 Å². The van der Waals surface area contributed by atoms with Crippen LogP contribution in [-0.4, -0.2) is 36.0 Å². The highest BCUT2D eigenvalue weighted by Crippen LogP contribution is 2.32. The second-order valence-corrected chi connectivity index (χ2v) is 7.26. The number of hydrogen-bond acceptors (Lipinski definition) is 4. The fraction of sp³-hybridized carbons (Fsp3) is 0.400. The molecule has 0 spiro atoms. The van der Waals surface area contributed by atoms with Crippen molar-refractivity contribution in [3.05, 3.63) is 46.6 Å². The average Bonchev–Trinajstić information content (AvgIpc) is 2.64. The van der Waals surface area contributed by atoms with Gasteiger partial charge in [0.25, 0.3) is 5.91 Å². The normalized spacial score (nSPS) is 17.1. The van der Waals surface area contributed by atoms with Crippen LogP contribution in [-0.2, 0) is 0 Å². The van der Waals surface area contributed by atoms with Crippen molar-refractivity contribution in [2.75, 3.05) is 25.5 Å². The van der Waals surface area contributed by atoms with Crippen LogP contribution in [0.4, 0.5) is 11.5 Å². The number of nitrogens with zero attached hydrogens (tertiary/aromatic N) is 2. The summed E-state index contributed by atoms with van der Waals surface area (Å²) in [5.74, 6) is 1.83. The van der Waals surface area contributed by atoms with Crippen LogP contribution in [0, 0.1) is 12.8 Å². The van der Waals surface area contributed by atoms with E-state index in [2.05, 4.69) is 17.2 Å². The molecule has 0 aliphatic carbocycles. The molecule has 1 amide bonds. The van der Waals surface area contributed by atoms with Gasteiger partial charge in [-0.15, -0.1) is 0 Å². The van der Waals surface area contributed by atoms with Gasteiger partial charge in [0.05, 0.1) is 12.8 Å². The number of benzene rings is 1. The number of amides is 1. The highest BCUT2D eigenvalue weighted by molar-refractivity contribution is 6.31. The molecule has 2 heterocycles. The Bertz CT molecular complexity index is 810. The van der Waals surface area contributed by atoms with E-state index in [1.54, 1.807) is 31.5 Å². The van der Waals surface area contributed by atoms with Gasteiger partial charge in [0.1, 0.15) is 11.6 Å². The SMILES string of the molecule is COc1cc(Cl)c(C)cc1Nc1cc(C(=O)N2CCCC(C)C2)ccn1. The summed E-state index contributed by atoms with van der Waals surface area (Å²) in [5.41, 5.74) is 2.34. The summed E-state index contributed by atoms with van der Waals surface area (Å²) in [6.07, 6.45) is 3.89. The summed E-state index contributed by atoms with van der Waals surface area (Å²) in [6, 6.07) is 7.22. The topological polar surface area (TPSA) is 54.5 Å². The van der Waals surface area contributed by atoms with E-state index in [0.29, 0.717) is 28.1 Å². The number of aryl methyl sites for hydroxylation is 1. The minimum absolute atomic E-state index is 0.0567. The Morgan fingerprint density at radius 3 is 2.92 bits per heavy atom. The van der Waals surface area contributed by atoms with Gasteiger partial charge in [-0.25, -0.2) is 4.98 Å². The molecular weight excluding hydrogens is 350 g/mol. The van der Waals surface area contributed by atoms with E-state index in [1.807, 2.05) is 17.9 Å². The van der Waals surface area contributed by atoms with Crippen molar-refractivity contribution in [3.8, 4) is 5.75 Å². The average molecular weight is 374 g/mol. The Hall–Kier alpha value is -2.27. The van der Waals surface area contributed by atoms with Gasteiger partial charge in [0, 0.05) is 35.9 Å². The molecule has 1 atom stereocenters. The number of methoxy groups -OCH3 is 1. The first kappa shape index (κ1) is 18.5. The number of pyridine rings is 1. The van der Waals surface area contributed by atoms with Crippen LogP contribution in [0.3, 0.4) is 0 Å². The summed E-state index contributed by atoms with van der Waals surface area (Å²) in [4.78, 5) is 19.1. The lowest BCUT2D eigenvalue weighted by molar-refractivity contribution is 0.0683. The Balaban J connectivity index is 1.82. The third kappa shape index (κ3) is 4.10. The van der Waals surface area contributed by atoms with E-state index in [-0.39, 0.29) is 5.91 Å². The Morgan fingerprint density at radius 1 is 1.38 bits per heavy atom. The molecule has 138 valence electrons. The van der Waals surface area contributed by atoms with E-state index in [4.69, 9.17) is 16.3 Å². The van der Waals surface area contributed by atoms with E-state index >= 15 is 0 Å². The molecule has 1 N–H and O–H groups in total. The molecule has 1 aliphatic rings. The predicted molar refractivity (Wildman–Crippen MR) is 105 cm³/mol. The number of carbonyl (C=O) groups excluding carboxylic acids is 1. The summed E-state index contributed by atoms with van der Waals surface area (Å²) in [5, 5.41) is 3.88. The van der Waals surface area contributed by atoms with Gasteiger partial charge in [0.15, 0.2) is 0 Å². The predicted octanol–water partition coefficient (Wildman–Crippen LogP) is 4.67. The first-order valence-corrected chi connectivity index (χ1v) is 9.22. The third-order valence-electron chi connectivity index (χ3n) is 4.69. The van der Waals surface area contributed by atoms with Crippen molar-refractivity contribution < 1.29 is 9.53 Å². The third-order valence-corrected chi connectivity index (χ3v) is 5.10. The van der Waals surface area contributed by atoms with Gasteiger partial charge in [0.2, 0.25) is 0 Å². The molecule has 1 saturated heterocycles. The van der Waals surface area contributed by atoms with Crippen LogP contribution in [0.2, 0.25) is 5.02 Å². The van der Waals surface area contributed by atoms with E-state index in [9.17, 15) is 4.79 Å². The molecule has 1 unspecified atom stereocenters. The summed E-state index contributed by atoms with van der Waals surface area (Å²) in [6.45, 7) is 5.75. The monoisotopic (exact) mass is 373 g/mol. The standard InChI is InChI=1S/C20H24ClN3O2/c1-13-5-4-8-24(12-13)20(25)15-6-7-22-19(10-15)23-17-9-14(2)16(21)11-18(17)26-3/h6-7,9-11,13H,4-5,8,12H2,1-3H3,(H,22,23). The van der Waals surface area contributed by atoms with Crippen LogP contribution >= 0.6 is 11.6 Å². The van der Waals surface area contributed by atoms with Crippen molar-refractivity contribution >= 4 is 29.0 Å². The summed E-state index contributed by atoms with van der Waals surface area (Å²) < 4.78 is 5.39. The van der Waals surface area contributed by atoms with E-state index in [0.717, 1.165) is 30.8 Å². The number of ether oxygens (including phenoxy) is 1. The number of halogens is 1. The molecule has 6 heteroatoms. The van der Waals surface area contributed by atoms with Gasteiger partial charge in [-0.2, -0.15) is 0 Å². The molecular formula is C20H24ClN3O2. The molecule has 1 aromatic carbocycles. The second-order valence-electron chi connectivity index (χ2n) is 6.86. The Labute approximate surface area is 159 Å². The molecule has 3 rings (SSSR count). The number of likely N-dealkylation sites (tertiary alicyclic amines) is 1. The van der Waals surface area contributed by atoms with Gasteiger partial charge in [-0.05, 0) is 49.4 Å². The zero-order valence-electron chi connectivity index (χ0n) is 15.4. The lowest BCUT2D eigenvalue weighted by Crippen LogP contribution is -2.39. The van der Waals surface area contributed by atoms with Gasteiger partial charge >= 0.3 is 0 Å². The van der Waals surface area contributed by atoms with Gasteiger partial charge in [-0.1, -0.05) is 18.5 Å². The number of nitrogens with one attached hydrogen (secondary N) is 1. The van der Waals surface area contributed by atoms with Crippen LogP contribution in [0.5, 0.6) is 5.75 Å². The minimum Gasteiger partial charge on any atom is -0.495 e. The van der Waals surface area contributed by atoms with Crippen molar-refractivity contribution in [1.29, 1.82) is 0 Å². The van der Waals surface area contributed by atoms with Crippen molar-refractivity contribution in [1.82, 2.24) is 9.88 Å². The lowest BCUT2D eigenvalue weighted by atomic mass is 9.99. The Kier molecular flexibility index (Phi) is 5.67. The van der Waals surface area contributed by atoms with Crippen LogP contribution in [0.1, 0.15) is 35.7 Å². The van der Waals surface area contributed by atoms with Crippen molar-refractivity contribution in [2.45, 2.75) is 26.7 Å². The number of aromatic nitrogens is 1. The second kappa shape index (κ2) is 7.96. The zero-order chi connectivity index (χ0) is 18.7. The number of carbonyl (C=O) groups is 1. The first-order valence-electron chi connectivity index (χ1n) is 8.84. The highest BCUT2D eigenvalue weighted by Gasteiger charge is 2.22. The fourth-order valence-corrected chi connectivity index (χ4v) is 3.41. The quantitative estimate of drug-likeness (QED) is 0.846. The molecule has 0 bridgehead atoms. The highest BCUT2D eigenvalue weighted by atomic mass is 35.5. The molecule has 1 aliphatic heterocycles. The maximum absolute atomic E-state index is 12.8. The minimum atomic E-state index is 0.0567. The van der Waals surface area contributed by atoms with Crippen LogP contribution in [0.25, 0.3) is 0 Å². The van der Waals surface area contributed by atoms with Crippen molar-refractivity contribution in [2.24, 2.45) is 5.92 Å². The molecule has 2 aromatic rings. The smallest absolute Gasteiger partial charge is 0.254 e. The number of piperidine rings is 1. The molecule has 0 radical (unpaired) electrons. The molecule has 1 fully saturated rings. The maximum Gasteiger partial charge on any atom is 0.254 e. The van der Waals surface area contributed by atoms with Gasteiger partial charge in [-0.3, -0.25) is 4.79 Å². The molecule has 0 saturated carbocycles. The van der Waals surface area contributed by atoms with E-state index < -0.39 is 0 Å². The maximum atomic E-state index is 12.8. The number of anilines is 2. The zero-order valence-corrected chi connectivity index (χ0v) is 16.1. The molecule has 1 aromatic heterocycles. The van der Waals surface area contributed by atoms with Crippen molar-refractivity contribution in [3.63, 3.8) is 0 Å². The Morgan fingerprint density at radius 2 is 2.19 bits per heavy atom. The lowest BCUT2D eigenvalue weighted by Gasteiger charge is -2.31.